The molecule has 1 fully saturated rings. The predicted octanol–water partition coefficient (Wildman–Crippen LogP) is 0.330. The summed E-state index contributed by atoms with van der Waals surface area (Å²) in [5.41, 5.74) is 0. The molecule has 11 heavy (non-hydrogen) atoms. The van der Waals surface area contributed by atoms with Crippen LogP contribution < -0.4 is 0 Å². The summed E-state index contributed by atoms with van der Waals surface area (Å²) in [5, 5.41) is 16.1. The molecule has 2 N–H and O–H groups in total. The first-order valence-corrected chi connectivity index (χ1v) is 4.91. The Bertz CT molecular complexity index is 173. The number of aliphatic carboxylic acids is 2. The van der Waals surface area contributed by atoms with Crippen molar-refractivity contribution in [3.05, 3.63) is 0 Å². The summed E-state index contributed by atoms with van der Waals surface area (Å²) in [6.45, 7) is 0. The number of hydrogen-bond acceptors (Lipinski definition) is 4. The fourth-order valence-electron chi connectivity index (χ4n) is 0.762. The lowest BCUT2D eigenvalue weighted by molar-refractivity contribution is -0.142. The van der Waals surface area contributed by atoms with Crippen LogP contribution in [0.1, 0.15) is 0 Å². The summed E-state index contributed by atoms with van der Waals surface area (Å²) in [6.07, 6.45) is 0. The van der Waals surface area contributed by atoms with Gasteiger partial charge in [-0.3, -0.25) is 9.59 Å². The van der Waals surface area contributed by atoms with Gasteiger partial charge < -0.3 is 10.2 Å². The van der Waals surface area contributed by atoms with Gasteiger partial charge in [0.1, 0.15) is 10.5 Å². The maximum Gasteiger partial charge on any atom is 0.318 e. The fraction of sp³-hybridized carbons (Fsp3) is 0.600. The van der Waals surface area contributed by atoms with E-state index < -0.39 is 22.4 Å². The van der Waals surface area contributed by atoms with Gasteiger partial charge in [0.15, 0.2) is 0 Å². The van der Waals surface area contributed by atoms with Crippen molar-refractivity contribution < 1.29 is 19.8 Å². The third-order valence-electron chi connectivity index (χ3n) is 1.26. The Hall–Kier alpha value is -0.360. The number of hydrogen-bond donors (Lipinski definition) is 2. The average Bonchev–Trinajstić information content (AvgIpc) is 2.32. The smallest absolute Gasteiger partial charge is 0.318 e. The number of carbonyl (C=O) groups is 2. The number of carboxylic acids is 2. The van der Waals surface area contributed by atoms with Gasteiger partial charge in [0.2, 0.25) is 0 Å². The van der Waals surface area contributed by atoms with E-state index in [2.05, 4.69) is 0 Å². The summed E-state index contributed by atoms with van der Waals surface area (Å²) in [7, 11) is 0. The molecule has 1 rings (SSSR count). The molecule has 1 heterocycles. The molecule has 0 radical (unpaired) electrons. The summed E-state index contributed by atoms with van der Waals surface area (Å²) in [4.78, 5) is 20.8. The molecule has 0 amide bonds. The summed E-state index contributed by atoms with van der Waals surface area (Å²) in [6, 6.07) is 0. The Balaban J connectivity index is 2.65. The first kappa shape index (κ1) is 8.73. The van der Waals surface area contributed by atoms with E-state index in [4.69, 9.17) is 10.2 Å². The van der Waals surface area contributed by atoms with E-state index in [1.807, 2.05) is 0 Å². The zero-order chi connectivity index (χ0) is 8.43. The van der Waals surface area contributed by atoms with Gasteiger partial charge in [-0.15, -0.1) is 23.5 Å². The van der Waals surface area contributed by atoms with Crippen LogP contribution in [-0.2, 0) is 9.59 Å². The van der Waals surface area contributed by atoms with Gasteiger partial charge >= 0.3 is 11.9 Å². The minimum atomic E-state index is -1.03. The molecular weight excluding hydrogens is 188 g/mol. The maximum absolute atomic E-state index is 10.4. The summed E-state index contributed by atoms with van der Waals surface area (Å²) >= 11 is 2.34. The normalized spacial score (nSPS) is 30.2. The predicted molar refractivity (Wildman–Crippen MR) is 42.9 cm³/mol. The molecule has 4 nitrogen and oxygen atoms in total. The van der Waals surface area contributed by atoms with Crippen LogP contribution in [0.15, 0.2) is 0 Å². The molecule has 62 valence electrons. The lowest BCUT2D eigenvalue weighted by atomic mass is 10.3. The molecule has 6 heteroatoms. The summed E-state index contributed by atoms with van der Waals surface area (Å²) in [5.74, 6) is -2.07. The van der Waals surface area contributed by atoms with Crippen molar-refractivity contribution in [1.82, 2.24) is 0 Å². The second kappa shape index (κ2) is 3.36. The third kappa shape index (κ3) is 1.81. The van der Waals surface area contributed by atoms with Gasteiger partial charge in [0.05, 0.1) is 0 Å². The van der Waals surface area contributed by atoms with Gasteiger partial charge in [-0.25, -0.2) is 0 Å². The highest BCUT2D eigenvalue weighted by Crippen LogP contribution is 2.36. The van der Waals surface area contributed by atoms with E-state index in [0.717, 1.165) is 0 Å². The van der Waals surface area contributed by atoms with Gasteiger partial charge in [0, 0.05) is 5.08 Å². The van der Waals surface area contributed by atoms with E-state index in [0.29, 0.717) is 5.08 Å². The molecule has 0 bridgehead atoms. The number of carboxylic acid groups (broad SMARTS) is 2. The van der Waals surface area contributed by atoms with Crippen LogP contribution in [0.5, 0.6) is 0 Å². The molecular formula is C5H6O4S2. The first-order valence-electron chi connectivity index (χ1n) is 2.81. The summed E-state index contributed by atoms with van der Waals surface area (Å²) < 4.78 is 0. The van der Waals surface area contributed by atoms with Crippen LogP contribution >= 0.6 is 23.5 Å². The van der Waals surface area contributed by atoms with E-state index in [1.54, 1.807) is 0 Å². The zero-order valence-corrected chi connectivity index (χ0v) is 7.02. The first-order chi connectivity index (χ1) is 5.13. The van der Waals surface area contributed by atoms with Crippen LogP contribution in [0.2, 0.25) is 0 Å². The Morgan fingerprint density at radius 1 is 1.09 bits per heavy atom. The second-order valence-corrected chi connectivity index (χ2v) is 4.59. The van der Waals surface area contributed by atoms with E-state index in [-0.39, 0.29) is 0 Å². The quantitative estimate of drug-likeness (QED) is 0.660. The second-order valence-electron chi connectivity index (χ2n) is 1.97. The number of rotatable bonds is 2. The van der Waals surface area contributed by atoms with E-state index in [1.165, 1.54) is 23.5 Å². The lowest BCUT2D eigenvalue weighted by Gasteiger charge is -2.07. The molecule has 1 aliphatic heterocycles. The molecule has 0 spiro atoms. The largest absolute Gasteiger partial charge is 0.480 e. The van der Waals surface area contributed by atoms with E-state index >= 15 is 0 Å². The molecule has 2 unspecified atom stereocenters. The van der Waals surface area contributed by atoms with Crippen molar-refractivity contribution in [2.45, 2.75) is 10.5 Å². The Kier molecular flexibility index (Phi) is 2.67. The standard InChI is InChI=1S/C5H6O4S2/c6-4(7)2-3(5(8)9)11-1-10-2/h2-3H,1H2,(H,6,7)(H,8,9). The van der Waals surface area contributed by atoms with Crippen LogP contribution in [0, 0.1) is 0 Å². The van der Waals surface area contributed by atoms with Crippen LogP contribution in [0.3, 0.4) is 0 Å². The van der Waals surface area contributed by atoms with Crippen LogP contribution in [-0.4, -0.2) is 37.7 Å². The highest BCUT2D eigenvalue weighted by molar-refractivity contribution is 8.20. The Morgan fingerprint density at radius 3 is 1.73 bits per heavy atom. The van der Waals surface area contributed by atoms with Crippen molar-refractivity contribution in [2.24, 2.45) is 0 Å². The van der Waals surface area contributed by atoms with Crippen molar-refractivity contribution >= 4 is 35.5 Å². The zero-order valence-electron chi connectivity index (χ0n) is 5.39. The molecule has 2 atom stereocenters. The van der Waals surface area contributed by atoms with Gasteiger partial charge in [-0.1, -0.05) is 0 Å². The molecule has 0 saturated carbocycles. The fourth-order valence-corrected chi connectivity index (χ4v) is 3.59. The van der Waals surface area contributed by atoms with Gasteiger partial charge in [-0.2, -0.15) is 0 Å². The highest BCUT2D eigenvalue weighted by Gasteiger charge is 2.39. The van der Waals surface area contributed by atoms with E-state index in [9.17, 15) is 9.59 Å². The molecule has 0 aromatic rings. The number of thioether (sulfide) groups is 2. The minimum absolute atomic E-state index is 0.550. The van der Waals surface area contributed by atoms with Crippen molar-refractivity contribution in [3.8, 4) is 0 Å². The Morgan fingerprint density at radius 2 is 1.45 bits per heavy atom. The van der Waals surface area contributed by atoms with Gasteiger partial charge in [0.25, 0.3) is 0 Å². The third-order valence-corrected chi connectivity index (χ3v) is 4.18. The van der Waals surface area contributed by atoms with Crippen LogP contribution in [0.25, 0.3) is 0 Å². The molecule has 1 aliphatic rings. The molecule has 1 saturated heterocycles. The monoisotopic (exact) mass is 194 g/mol. The van der Waals surface area contributed by atoms with Crippen LogP contribution in [0.4, 0.5) is 0 Å². The molecule has 0 aliphatic carbocycles. The maximum atomic E-state index is 10.4. The van der Waals surface area contributed by atoms with Gasteiger partial charge in [-0.05, 0) is 0 Å². The van der Waals surface area contributed by atoms with Crippen molar-refractivity contribution in [2.75, 3.05) is 5.08 Å². The van der Waals surface area contributed by atoms with Crippen molar-refractivity contribution in [3.63, 3.8) is 0 Å². The average molecular weight is 194 g/mol. The molecule has 0 aromatic heterocycles. The minimum Gasteiger partial charge on any atom is -0.480 e. The topological polar surface area (TPSA) is 74.6 Å². The Labute approximate surface area is 71.4 Å². The molecule has 0 aromatic carbocycles. The SMILES string of the molecule is O=C(O)C1SCSC1C(=O)O. The highest BCUT2D eigenvalue weighted by atomic mass is 32.2. The lowest BCUT2D eigenvalue weighted by Crippen LogP contribution is -2.31. The van der Waals surface area contributed by atoms with Crippen molar-refractivity contribution in [1.29, 1.82) is 0 Å².